The summed E-state index contributed by atoms with van der Waals surface area (Å²) in [6, 6.07) is 9.67. The summed E-state index contributed by atoms with van der Waals surface area (Å²) in [5.74, 6) is -0.487. The summed E-state index contributed by atoms with van der Waals surface area (Å²) in [6.07, 6.45) is 0. The number of hydrogen-bond donors (Lipinski definition) is 0. The van der Waals surface area contributed by atoms with Gasteiger partial charge in [-0.25, -0.2) is 0 Å². The molecule has 9 heteroatoms. The van der Waals surface area contributed by atoms with E-state index in [0.717, 1.165) is 21.3 Å². The minimum absolute atomic E-state index is 0.0295. The summed E-state index contributed by atoms with van der Waals surface area (Å²) in [6.45, 7) is 3.74. The average molecular weight is 425 g/mol. The lowest BCUT2D eigenvalue weighted by atomic mass is 10.1. The number of rotatable bonds is 4. The van der Waals surface area contributed by atoms with Gasteiger partial charge in [0.1, 0.15) is 6.54 Å². The molecule has 1 aromatic heterocycles. The van der Waals surface area contributed by atoms with E-state index in [2.05, 4.69) is 4.40 Å². The van der Waals surface area contributed by atoms with Crippen LogP contribution in [0.1, 0.15) is 11.1 Å². The minimum atomic E-state index is -3.96. The number of fused-ring (bicyclic) bond motifs is 1. The molecule has 0 spiro atoms. The largest absolute Gasteiger partial charge is 0.468 e. The molecule has 142 valence electrons. The van der Waals surface area contributed by atoms with E-state index in [0.29, 0.717) is 5.02 Å². The number of benzene rings is 2. The van der Waals surface area contributed by atoms with Crippen molar-refractivity contribution in [3.8, 4) is 0 Å². The number of aromatic nitrogens is 1. The summed E-state index contributed by atoms with van der Waals surface area (Å²) in [7, 11) is -2.67. The van der Waals surface area contributed by atoms with Crippen molar-refractivity contribution in [1.82, 2.24) is 4.57 Å². The van der Waals surface area contributed by atoms with E-state index >= 15 is 0 Å². The first-order valence-corrected chi connectivity index (χ1v) is 10.6. The van der Waals surface area contributed by atoms with Gasteiger partial charge in [-0.3, -0.25) is 4.79 Å². The number of hydrogen-bond acceptors (Lipinski definition) is 5. The molecule has 0 N–H and O–H groups in total. The number of thiazole rings is 1. The third-order valence-corrected chi connectivity index (χ3v) is 6.82. The Morgan fingerprint density at radius 2 is 1.89 bits per heavy atom. The second kappa shape index (κ2) is 7.46. The van der Waals surface area contributed by atoms with Gasteiger partial charge in [-0.15, -0.1) is 4.40 Å². The molecule has 0 fully saturated rings. The highest BCUT2D eigenvalue weighted by Crippen LogP contribution is 2.24. The molecule has 0 bridgehead atoms. The summed E-state index contributed by atoms with van der Waals surface area (Å²) >= 11 is 7.05. The van der Waals surface area contributed by atoms with Crippen LogP contribution in [0, 0.1) is 13.8 Å². The maximum Gasteiger partial charge on any atom is 0.325 e. The van der Waals surface area contributed by atoms with E-state index in [9.17, 15) is 13.2 Å². The van der Waals surface area contributed by atoms with E-state index in [4.69, 9.17) is 16.3 Å². The Kier molecular flexibility index (Phi) is 5.41. The zero-order chi connectivity index (χ0) is 19.8. The zero-order valence-electron chi connectivity index (χ0n) is 14.9. The molecule has 2 aromatic carbocycles. The van der Waals surface area contributed by atoms with Crippen LogP contribution in [0.2, 0.25) is 5.02 Å². The van der Waals surface area contributed by atoms with Crippen LogP contribution in [0.3, 0.4) is 0 Å². The molecular weight excluding hydrogens is 408 g/mol. The van der Waals surface area contributed by atoms with Gasteiger partial charge in [0.25, 0.3) is 10.0 Å². The van der Waals surface area contributed by atoms with Gasteiger partial charge in [0.2, 0.25) is 4.80 Å². The average Bonchev–Trinajstić information content (AvgIpc) is 2.92. The Morgan fingerprint density at radius 3 is 2.52 bits per heavy atom. The number of nitrogens with zero attached hydrogens (tertiary/aromatic N) is 2. The van der Waals surface area contributed by atoms with Crippen molar-refractivity contribution >= 4 is 49.1 Å². The van der Waals surface area contributed by atoms with Crippen LogP contribution in [0.25, 0.3) is 10.2 Å². The number of aryl methyl sites for hydroxylation is 2. The highest BCUT2D eigenvalue weighted by Gasteiger charge is 2.17. The van der Waals surface area contributed by atoms with Crippen LogP contribution >= 0.6 is 22.9 Å². The molecule has 0 atom stereocenters. The van der Waals surface area contributed by atoms with Crippen molar-refractivity contribution in [2.24, 2.45) is 4.40 Å². The van der Waals surface area contributed by atoms with E-state index < -0.39 is 16.0 Å². The monoisotopic (exact) mass is 424 g/mol. The highest BCUT2D eigenvalue weighted by atomic mass is 35.5. The first-order valence-electron chi connectivity index (χ1n) is 7.95. The quantitative estimate of drug-likeness (QED) is 0.601. The number of esters is 1. The maximum absolute atomic E-state index is 12.7. The minimum Gasteiger partial charge on any atom is -0.468 e. The molecule has 0 aliphatic carbocycles. The van der Waals surface area contributed by atoms with Gasteiger partial charge in [0.15, 0.2) is 0 Å². The normalized spacial score (nSPS) is 12.5. The summed E-state index contributed by atoms with van der Waals surface area (Å²) in [4.78, 5) is 12.1. The van der Waals surface area contributed by atoms with Crippen LogP contribution in [-0.4, -0.2) is 26.1 Å². The lowest BCUT2D eigenvalue weighted by molar-refractivity contribution is -0.141. The molecule has 0 saturated heterocycles. The zero-order valence-corrected chi connectivity index (χ0v) is 17.3. The fourth-order valence-corrected chi connectivity index (χ4v) is 5.10. The van der Waals surface area contributed by atoms with Crippen LogP contribution in [0.15, 0.2) is 45.7 Å². The van der Waals surface area contributed by atoms with Crippen molar-refractivity contribution < 1.29 is 17.9 Å². The predicted molar refractivity (Wildman–Crippen MR) is 106 cm³/mol. The van der Waals surface area contributed by atoms with Gasteiger partial charge in [-0.2, -0.15) is 8.42 Å². The van der Waals surface area contributed by atoms with Gasteiger partial charge in [-0.05, 0) is 55.3 Å². The van der Waals surface area contributed by atoms with Gasteiger partial charge in [0.05, 0.1) is 22.2 Å². The van der Waals surface area contributed by atoms with Gasteiger partial charge in [-0.1, -0.05) is 29.0 Å². The fourth-order valence-electron chi connectivity index (χ4n) is 2.69. The van der Waals surface area contributed by atoms with Crippen LogP contribution in [0.5, 0.6) is 0 Å². The summed E-state index contributed by atoms with van der Waals surface area (Å²) in [5.41, 5.74) is 2.73. The van der Waals surface area contributed by atoms with E-state index in [1.807, 2.05) is 26.0 Å². The number of carbonyl (C=O) groups excluding carboxylic acids is 1. The molecule has 3 aromatic rings. The van der Waals surface area contributed by atoms with E-state index in [-0.39, 0.29) is 16.2 Å². The van der Waals surface area contributed by atoms with Gasteiger partial charge in [0, 0.05) is 5.02 Å². The molecule has 0 unspecified atom stereocenters. The lowest BCUT2D eigenvalue weighted by Crippen LogP contribution is -2.22. The molecule has 3 rings (SSSR count). The Hall–Kier alpha value is -2.16. The molecule has 1 heterocycles. The van der Waals surface area contributed by atoms with E-state index in [1.54, 1.807) is 4.57 Å². The molecule has 0 amide bonds. The lowest BCUT2D eigenvalue weighted by Gasteiger charge is -2.05. The number of carbonyl (C=O) groups is 1. The Morgan fingerprint density at radius 1 is 1.22 bits per heavy atom. The molecule has 6 nitrogen and oxygen atoms in total. The highest BCUT2D eigenvalue weighted by molar-refractivity contribution is 7.90. The first kappa shape index (κ1) is 19.6. The number of ether oxygens (including phenoxy) is 1. The summed E-state index contributed by atoms with van der Waals surface area (Å²) < 4.78 is 36.6. The SMILES string of the molecule is COC(=O)Cn1c(=NS(=O)(=O)c2ccc(Cl)cc2)sc2c(C)cc(C)cc21. The molecular formula is C18H17ClN2O4S2. The second-order valence-corrected chi connectivity index (χ2v) is 9.02. The standard InChI is InChI=1S/C18H17ClN2O4S2/c1-11-8-12(2)17-15(9-11)21(10-16(22)25-3)18(26-17)20-27(23,24)14-6-4-13(19)5-7-14/h4-9H,10H2,1-3H3. The van der Waals surface area contributed by atoms with Crippen molar-refractivity contribution in [2.45, 2.75) is 25.3 Å². The van der Waals surface area contributed by atoms with Crippen molar-refractivity contribution in [1.29, 1.82) is 0 Å². The van der Waals surface area contributed by atoms with Gasteiger partial charge < -0.3 is 9.30 Å². The van der Waals surface area contributed by atoms with Gasteiger partial charge >= 0.3 is 5.97 Å². The number of sulfonamides is 1. The third-order valence-electron chi connectivity index (χ3n) is 3.94. The van der Waals surface area contributed by atoms with Crippen molar-refractivity contribution in [2.75, 3.05) is 7.11 Å². The van der Waals surface area contributed by atoms with Crippen LogP contribution < -0.4 is 4.80 Å². The predicted octanol–water partition coefficient (Wildman–Crippen LogP) is 3.44. The molecule has 0 radical (unpaired) electrons. The van der Waals surface area contributed by atoms with Crippen LogP contribution in [0.4, 0.5) is 0 Å². The third kappa shape index (κ3) is 4.07. The van der Waals surface area contributed by atoms with Crippen molar-refractivity contribution in [3.05, 3.63) is 57.3 Å². The van der Waals surface area contributed by atoms with Crippen LogP contribution in [-0.2, 0) is 26.1 Å². The Balaban J connectivity index is 2.27. The van der Waals surface area contributed by atoms with Crippen molar-refractivity contribution in [3.63, 3.8) is 0 Å². The number of methoxy groups -OCH3 is 1. The second-order valence-electron chi connectivity index (χ2n) is 6.00. The molecule has 27 heavy (non-hydrogen) atoms. The molecule has 0 saturated carbocycles. The Labute approximate surface area is 165 Å². The molecule has 0 aliphatic heterocycles. The topological polar surface area (TPSA) is 77.7 Å². The first-order chi connectivity index (χ1) is 12.7. The van der Waals surface area contributed by atoms with E-state index in [1.165, 1.54) is 42.7 Å². The Bertz CT molecular complexity index is 1190. The number of halogens is 1. The maximum atomic E-state index is 12.7. The smallest absolute Gasteiger partial charge is 0.325 e. The molecule has 0 aliphatic rings. The summed E-state index contributed by atoms with van der Waals surface area (Å²) in [5, 5.41) is 0.433. The fraction of sp³-hybridized carbons (Fsp3) is 0.222.